The van der Waals surface area contributed by atoms with Gasteiger partial charge in [0, 0.05) is 10.9 Å². The van der Waals surface area contributed by atoms with Gasteiger partial charge in [-0.25, -0.2) is 4.39 Å². The van der Waals surface area contributed by atoms with E-state index in [0.29, 0.717) is 24.2 Å². The fourth-order valence-corrected chi connectivity index (χ4v) is 4.30. The Morgan fingerprint density at radius 2 is 1.83 bits per heavy atom. The lowest BCUT2D eigenvalue weighted by Gasteiger charge is -2.24. The minimum absolute atomic E-state index is 0.0759. The molecule has 0 aromatic heterocycles. The van der Waals surface area contributed by atoms with E-state index in [2.05, 4.69) is 19.9 Å². The van der Waals surface area contributed by atoms with Crippen molar-refractivity contribution in [2.45, 2.75) is 38.9 Å². The maximum atomic E-state index is 14.2. The molecule has 3 aromatic rings. The first-order valence-corrected chi connectivity index (χ1v) is 10.3. The van der Waals surface area contributed by atoms with Gasteiger partial charge in [-0.15, -0.1) is 0 Å². The Hall–Kier alpha value is -2.36. The minimum atomic E-state index is -0.388. The summed E-state index contributed by atoms with van der Waals surface area (Å²) in [7, 11) is 0. The fourth-order valence-electron chi connectivity index (χ4n) is 4.11. The summed E-state index contributed by atoms with van der Waals surface area (Å²) in [6.07, 6.45) is 0.917. The van der Waals surface area contributed by atoms with Gasteiger partial charge in [-0.2, -0.15) is 0 Å². The molecule has 0 bridgehead atoms. The van der Waals surface area contributed by atoms with Crippen LogP contribution in [0, 0.1) is 11.7 Å². The molecule has 2 atom stereocenters. The zero-order chi connectivity index (χ0) is 20.4. The minimum Gasteiger partial charge on any atom is -0.454 e. The van der Waals surface area contributed by atoms with Crippen molar-refractivity contribution < 1.29 is 13.9 Å². The van der Waals surface area contributed by atoms with Crippen LogP contribution in [0.3, 0.4) is 0 Å². The van der Waals surface area contributed by atoms with E-state index in [4.69, 9.17) is 21.1 Å². The first-order valence-electron chi connectivity index (χ1n) is 9.92. The average molecular weight is 411 g/mol. The Balaban J connectivity index is 1.48. The normalized spacial score (nSPS) is 18.1. The molecule has 3 aromatic carbocycles. The van der Waals surface area contributed by atoms with Gasteiger partial charge in [0.05, 0.1) is 12.7 Å². The number of benzene rings is 3. The lowest BCUT2D eigenvalue weighted by atomic mass is 9.88. The molecule has 0 fully saturated rings. The number of hydrogen-bond acceptors (Lipinski definition) is 2. The summed E-state index contributed by atoms with van der Waals surface area (Å²) in [5, 5.41) is 0.758. The van der Waals surface area contributed by atoms with E-state index >= 15 is 0 Å². The van der Waals surface area contributed by atoms with Crippen molar-refractivity contribution in [1.82, 2.24) is 0 Å². The molecule has 4 heteroatoms. The van der Waals surface area contributed by atoms with E-state index < -0.39 is 0 Å². The molecule has 150 valence electrons. The standard InChI is InChI=1S/C25H24ClFO2/c1-16(2)25-21-10-9-19(26)13-18(21)14-24(25)28-15-17-8-11-22(27)23(12-17)29-20-6-4-3-5-7-20/h3-13,16,24-25H,14-15H2,1-2H3/t24-,25-/m1/s1. The van der Waals surface area contributed by atoms with Crippen LogP contribution in [0.1, 0.15) is 36.5 Å². The van der Waals surface area contributed by atoms with Crippen molar-refractivity contribution >= 4 is 11.6 Å². The molecule has 0 radical (unpaired) electrons. The van der Waals surface area contributed by atoms with Crippen LogP contribution in [-0.2, 0) is 17.8 Å². The lowest BCUT2D eigenvalue weighted by molar-refractivity contribution is 0.0204. The summed E-state index contributed by atoms with van der Waals surface area (Å²) in [5.41, 5.74) is 3.46. The molecule has 0 saturated carbocycles. The smallest absolute Gasteiger partial charge is 0.165 e. The van der Waals surface area contributed by atoms with Crippen LogP contribution < -0.4 is 4.74 Å². The molecular weight excluding hydrogens is 387 g/mol. The second kappa shape index (κ2) is 8.56. The van der Waals surface area contributed by atoms with Gasteiger partial charge >= 0.3 is 0 Å². The van der Waals surface area contributed by atoms with Gasteiger partial charge in [-0.3, -0.25) is 0 Å². The average Bonchev–Trinajstić information content (AvgIpc) is 3.07. The maximum Gasteiger partial charge on any atom is 0.165 e. The highest BCUT2D eigenvalue weighted by molar-refractivity contribution is 6.30. The third-order valence-electron chi connectivity index (χ3n) is 5.43. The van der Waals surface area contributed by atoms with Gasteiger partial charge in [0.2, 0.25) is 0 Å². The topological polar surface area (TPSA) is 18.5 Å². The Bertz CT molecular complexity index is 987. The number of ether oxygens (including phenoxy) is 2. The predicted octanol–water partition coefficient (Wildman–Crippen LogP) is 7.15. The van der Waals surface area contributed by atoms with E-state index in [1.54, 1.807) is 24.3 Å². The molecule has 0 amide bonds. The number of rotatable bonds is 6. The Labute approximate surface area is 176 Å². The summed E-state index contributed by atoms with van der Waals surface area (Å²) in [6, 6.07) is 20.2. The lowest BCUT2D eigenvalue weighted by Crippen LogP contribution is -2.22. The number of halogens is 2. The summed E-state index contributed by atoms with van der Waals surface area (Å²) in [6.45, 7) is 4.84. The number of hydrogen-bond donors (Lipinski definition) is 0. The third kappa shape index (κ3) is 4.47. The van der Waals surface area contributed by atoms with Crippen LogP contribution in [0.15, 0.2) is 66.7 Å². The fraction of sp³-hybridized carbons (Fsp3) is 0.280. The molecular formula is C25H24ClFO2. The summed E-state index contributed by atoms with van der Waals surface area (Å²) in [4.78, 5) is 0. The van der Waals surface area contributed by atoms with Gasteiger partial charge in [0.25, 0.3) is 0 Å². The van der Waals surface area contributed by atoms with E-state index in [1.165, 1.54) is 17.2 Å². The Morgan fingerprint density at radius 3 is 2.59 bits per heavy atom. The molecule has 0 heterocycles. The second-order valence-electron chi connectivity index (χ2n) is 7.85. The van der Waals surface area contributed by atoms with Crippen molar-refractivity contribution in [3.05, 3.63) is 94.3 Å². The first-order chi connectivity index (χ1) is 14.0. The quantitative estimate of drug-likeness (QED) is 0.429. The van der Waals surface area contributed by atoms with Gasteiger partial charge in [-0.1, -0.05) is 55.8 Å². The van der Waals surface area contributed by atoms with Crippen molar-refractivity contribution in [2.75, 3.05) is 0 Å². The molecule has 0 N–H and O–H groups in total. The highest BCUT2D eigenvalue weighted by atomic mass is 35.5. The van der Waals surface area contributed by atoms with Crippen LogP contribution in [-0.4, -0.2) is 6.10 Å². The molecule has 0 saturated heterocycles. The number of para-hydroxylation sites is 1. The Morgan fingerprint density at radius 1 is 1.03 bits per heavy atom. The van der Waals surface area contributed by atoms with Crippen molar-refractivity contribution in [1.29, 1.82) is 0 Å². The van der Waals surface area contributed by atoms with E-state index in [0.717, 1.165) is 17.0 Å². The number of fused-ring (bicyclic) bond motifs is 1. The van der Waals surface area contributed by atoms with Gasteiger partial charge < -0.3 is 9.47 Å². The summed E-state index contributed by atoms with van der Waals surface area (Å²) < 4.78 is 26.2. The molecule has 0 unspecified atom stereocenters. The first kappa shape index (κ1) is 19.9. The SMILES string of the molecule is CC(C)[C@@H]1c2ccc(Cl)cc2C[C@H]1OCc1ccc(F)c(Oc2ccccc2)c1. The molecule has 2 nitrogen and oxygen atoms in total. The molecule has 4 rings (SSSR count). The van der Waals surface area contributed by atoms with Crippen LogP contribution >= 0.6 is 11.6 Å². The highest BCUT2D eigenvalue weighted by Gasteiger charge is 2.35. The zero-order valence-corrected chi connectivity index (χ0v) is 17.3. The van der Waals surface area contributed by atoms with Crippen LogP contribution in [0.2, 0.25) is 5.02 Å². The summed E-state index contributed by atoms with van der Waals surface area (Å²) in [5.74, 6) is 1.20. The predicted molar refractivity (Wildman–Crippen MR) is 114 cm³/mol. The van der Waals surface area contributed by atoms with Crippen LogP contribution in [0.4, 0.5) is 4.39 Å². The molecule has 0 spiro atoms. The van der Waals surface area contributed by atoms with Crippen molar-refractivity contribution in [2.24, 2.45) is 5.92 Å². The van der Waals surface area contributed by atoms with Crippen molar-refractivity contribution in [3.63, 3.8) is 0 Å². The van der Waals surface area contributed by atoms with E-state index in [1.807, 2.05) is 30.3 Å². The van der Waals surface area contributed by atoms with E-state index in [9.17, 15) is 4.39 Å². The van der Waals surface area contributed by atoms with Crippen LogP contribution in [0.25, 0.3) is 0 Å². The van der Waals surface area contributed by atoms with E-state index in [-0.39, 0.29) is 17.7 Å². The monoisotopic (exact) mass is 410 g/mol. The third-order valence-corrected chi connectivity index (χ3v) is 5.67. The van der Waals surface area contributed by atoms with Crippen LogP contribution in [0.5, 0.6) is 11.5 Å². The molecule has 29 heavy (non-hydrogen) atoms. The second-order valence-corrected chi connectivity index (χ2v) is 8.28. The molecule has 0 aliphatic heterocycles. The Kier molecular flexibility index (Phi) is 5.89. The summed E-state index contributed by atoms with van der Waals surface area (Å²) >= 11 is 6.18. The molecule has 1 aliphatic rings. The largest absolute Gasteiger partial charge is 0.454 e. The van der Waals surface area contributed by atoms with Gasteiger partial charge in [-0.05, 0) is 65.4 Å². The zero-order valence-electron chi connectivity index (χ0n) is 16.6. The molecule has 1 aliphatic carbocycles. The highest BCUT2D eigenvalue weighted by Crippen LogP contribution is 2.41. The van der Waals surface area contributed by atoms with Crippen molar-refractivity contribution in [3.8, 4) is 11.5 Å². The maximum absolute atomic E-state index is 14.2. The van der Waals surface area contributed by atoms with Gasteiger partial charge in [0.1, 0.15) is 5.75 Å². The van der Waals surface area contributed by atoms with Gasteiger partial charge in [0.15, 0.2) is 11.6 Å².